The van der Waals surface area contributed by atoms with E-state index in [-0.39, 0.29) is 11.8 Å². The quantitative estimate of drug-likeness (QED) is 0.788. The first-order valence-electron chi connectivity index (χ1n) is 7.59. The van der Waals surface area contributed by atoms with Gasteiger partial charge in [0.1, 0.15) is 5.41 Å². The molecule has 0 bridgehead atoms. The molecule has 6 heteroatoms. The van der Waals surface area contributed by atoms with Gasteiger partial charge >= 0.3 is 0 Å². The first-order chi connectivity index (χ1) is 11.5. The van der Waals surface area contributed by atoms with Crippen molar-refractivity contribution >= 4 is 40.7 Å². The van der Waals surface area contributed by atoms with E-state index < -0.39 is 5.41 Å². The highest BCUT2D eigenvalue weighted by atomic mass is 35.5. The zero-order chi connectivity index (χ0) is 17.2. The predicted octanol–water partition coefficient (Wildman–Crippen LogP) is 4.03. The van der Waals surface area contributed by atoms with E-state index in [0.717, 1.165) is 5.56 Å². The van der Waals surface area contributed by atoms with Gasteiger partial charge in [0.2, 0.25) is 11.8 Å². The summed E-state index contributed by atoms with van der Waals surface area (Å²) in [6.07, 6.45) is 1.07. The van der Waals surface area contributed by atoms with Crippen molar-refractivity contribution < 1.29 is 9.59 Å². The average molecular weight is 363 g/mol. The van der Waals surface area contributed by atoms with Crippen molar-refractivity contribution in [2.75, 3.05) is 5.32 Å². The minimum atomic E-state index is -0.996. The Morgan fingerprint density at radius 3 is 2.17 bits per heavy atom. The molecule has 24 heavy (non-hydrogen) atoms. The maximum Gasteiger partial charge on any atom is 0.240 e. The van der Waals surface area contributed by atoms with Crippen molar-refractivity contribution in [3.63, 3.8) is 0 Å². The van der Waals surface area contributed by atoms with E-state index in [1.807, 2.05) is 30.3 Å². The lowest BCUT2D eigenvalue weighted by atomic mass is 10.0. The maximum absolute atomic E-state index is 12.5. The van der Waals surface area contributed by atoms with E-state index >= 15 is 0 Å². The molecule has 1 fully saturated rings. The van der Waals surface area contributed by atoms with Crippen LogP contribution < -0.4 is 10.6 Å². The highest BCUT2D eigenvalue weighted by Crippen LogP contribution is 2.47. The first-order valence-corrected chi connectivity index (χ1v) is 8.35. The van der Waals surface area contributed by atoms with Gasteiger partial charge in [0.05, 0.1) is 0 Å². The molecule has 0 aliphatic heterocycles. The van der Waals surface area contributed by atoms with E-state index in [9.17, 15) is 9.59 Å². The van der Waals surface area contributed by atoms with Gasteiger partial charge in [-0.25, -0.2) is 0 Å². The molecule has 2 aromatic carbocycles. The van der Waals surface area contributed by atoms with Crippen LogP contribution in [0.15, 0.2) is 48.5 Å². The Morgan fingerprint density at radius 1 is 0.958 bits per heavy atom. The summed E-state index contributed by atoms with van der Waals surface area (Å²) in [6.45, 7) is 0.400. The fourth-order valence-corrected chi connectivity index (χ4v) is 3.03. The molecule has 0 heterocycles. The Kier molecular flexibility index (Phi) is 4.78. The summed E-state index contributed by atoms with van der Waals surface area (Å²) in [5.41, 5.74) is 0.479. The number of hydrogen-bond acceptors (Lipinski definition) is 2. The summed E-state index contributed by atoms with van der Waals surface area (Å²) in [4.78, 5) is 25.0. The van der Waals surface area contributed by atoms with Gasteiger partial charge in [-0.1, -0.05) is 53.5 Å². The zero-order valence-electron chi connectivity index (χ0n) is 12.8. The summed E-state index contributed by atoms with van der Waals surface area (Å²) >= 11 is 11.9. The lowest BCUT2D eigenvalue weighted by molar-refractivity contribution is -0.134. The molecule has 1 aliphatic carbocycles. The van der Waals surface area contributed by atoms with Crippen molar-refractivity contribution in [1.82, 2.24) is 5.32 Å². The largest absolute Gasteiger partial charge is 0.351 e. The topological polar surface area (TPSA) is 58.2 Å². The molecular weight excluding hydrogens is 347 g/mol. The van der Waals surface area contributed by atoms with Crippen LogP contribution in [0.5, 0.6) is 0 Å². The lowest BCUT2D eigenvalue weighted by Gasteiger charge is -2.16. The Balaban J connectivity index is 1.64. The first kappa shape index (κ1) is 16.8. The minimum absolute atomic E-state index is 0.253. The molecule has 4 nitrogen and oxygen atoms in total. The second kappa shape index (κ2) is 6.83. The molecule has 2 aromatic rings. The molecule has 3 rings (SSSR count). The number of nitrogens with one attached hydrogen (secondary N) is 2. The molecule has 1 aliphatic rings. The summed E-state index contributed by atoms with van der Waals surface area (Å²) in [7, 11) is 0. The van der Waals surface area contributed by atoms with Crippen molar-refractivity contribution in [3.8, 4) is 0 Å². The van der Waals surface area contributed by atoms with Crippen LogP contribution in [0.25, 0.3) is 0 Å². The summed E-state index contributed by atoms with van der Waals surface area (Å²) in [5, 5.41) is 6.43. The Labute approximate surface area is 150 Å². The third-order valence-electron chi connectivity index (χ3n) is 4.04. The fourth-order valence-electron chi connectivity index (χ4n) is 2.51. The van der Waals surface area contributed by atoms with Gasteiger partial charge in [-0.05, 0) is 36.6 Å². The standard InChI is InChI=1S/C18H16Cl2N2O2/c19-13-8-14(20)10-15(9-13)22-17(24)18(6-7-18)16(23)21-11-12-4-2-1-3-5-12/h1-5,8-10H,6-7,11H2,(H,21,23)(H,22,24). The Bertz CT molecular complexity index is 754. The molecule has 2 amide bonds. The summed E-state index contributed by atoms with van der Waals surface area (Å²) < 4.78 is 0. The summed E-state index contributed by atoms with van der Waals surface area (Å²) in [5.74, 6) is -0.580. The average Bonchev–Trinajstić information content (AvgIpc) is 3.34. The van der Waals surface area contributed by atoms with Crippen LogP contribution in [0, 0.1) is 5.41 Å². The van der Waals surface area contributed by atoms with Crippen molar-refractivity contribution in [3.05, 3.63) is 64.1 Å². The highest BCUT2D eigenvalue weighted by Gasteiger charge is 2.56. The Morgan fingerprint density at radius 2 is 1.58 bits per heavy atom. The van der Waals surface area contributed by atoms with Crippen LogP contribution >= 0.6 is 23.2 Å². The van der Waals surface area contributed by atoms with Crippen LogP contribution in [0.4, 0.5) is 5.69 Å². The fraction of sp³-hybridized carbons (Fsp3) is 0.222. The number of rotatable bonds is 5. The number of amides is 2. The number of anilines is 1. The van der Waals surface area contributed by atoms with Gasteiger partial charge in [0.25, 0.3) is 0 Å². The summed E-state index contributed by atoms with van der Waals surface area (Å²) in [6, 6.07) is 14.4. The van der Waals surface area contributed by atoms with E-state index in [2.05, 4.69) is 10.6 Å². The van der Waals surface area contributed by atoms with Gasteiger partial charge in [-0.3, -0.25) is 9.59 Å². The van der Waals surface area contributed by atoms with E-state index in [1.165, 1.54) is 0 Å². The lowest BCUT2D eigenvalue weighted by Crippen LogP contribution is -2.39. The van der Waals surface area contributed by atoms with Crippen LogP contribution in [0.2, 0.25) is 10.0 Å². The number of hydrogen-bond donors (Lipinski definition) is 2. The Hall–Kier alpha value is -2.04. The molecule has 0 spiro atoms. The van der Waals surface area contributed by atoms with Crippen LogP contribution in [-0.4, -0.2) is 11.8 Å². The molecule has 1 saturated carbocycles. The SMILES string of the molecule is O=C(NCc1ccccc1)C1(C(=O)Nc2cc(Cl)cc(Cl)c2)CC1. The van der Waals surface area contributed by atoms with E-state index in [0.29, 0.717) is 35.1 Å². The van der Waals surface area contributed by atoms with E-state index in [4.69, 9.17) is 23.2 Å². The highest BCUT2D eigenvalue weighted by molar-refractivity contribution is 6.35. The third kappa shape index (κ3) is 3.71. The monoisotopic (exact) mass is 362 g/mol. The van der Waals surface area contributed by atoms with Gasteiger partial charge in [0.15, 0.2) is 0 Å². The zero-order valence-corrected chi connectivity index (χ0v) is 14.3. The molecule has 0 saturated heterocycles. The van der Waals surface area contributed by atoms with E-state index in [1.54, 1.807) is 18.2 Å². The van der Waals surface area contributed by atoms with Crippen LogP contribution in [0.1, 0.15) is 18.4 Å². The smallest absolute Gasteiger partial charge is 0.240 e. The second-order valence-electron chi connectivity index (χ2n) is 5.86. The number of halogens is 2. The van der Waals surface area contributed by atoms with Crippen molar-refractivity contribution in [2.45, 2.75) is 19.4 Å². The molecule has 0 aromatic heterocycles. The molecule has 0 unspecified atom stereocenters. The number of carbonyl (C=O) groups is 2. The third-order valence-corrected chi connectivity index (χ3v) is 4.47. The molecular formula is C18H16Cl2N2O2. The molecule has 124 valence electrons. The molecule has 0 radical (unpaired) electrons. The van der Waals surface area contributed by atoms with Gasteiger partial charge in [-0.15, -0.1) is 0 Å². The van der Waals surface area contributed by atoms with Crippen molar-refractivity contribution in [1.29, 1.82) is 0 Å². The number of carbonyl (C=O) groups excluding carboxylic acids is 2. The predicted molar refractivity (Wildman–Crippen MR) is 95.0 cm³/mol. The van der Waals surface area contributed by atoms with Crippen LogP contribution in [0.3, 0.4) is 0 Å². The van der Waals surface area contributed by atoms with Gasteiger partial charge in [-0.2, -0.15) is 0 Å². The minimum Gasteiger partial charge on any atom is -0.351 e. The maximum atomic E-state index is 12.5. The normalized spacial score (nSPS) is 14.8. The van der Waals surface area contributed by atoms with Gasteiger partial charge in [0, 0.05) is 22.3 Å². The second-order valence-corrected chi connectivity index (χ2v) is 6.74. The molecule has 2 N–H and O–H groups in total. The molecule has 0 atom stereocenters. The van der Waals surface area contributed by atoms with Crippen LogP contribution in [-0.2, 0) is 16.1 Å². The van der Waals surface area contributed by atoms with Gasteiger partial charge < -0.3 is 10.6 Å². The van der Waals surface area contributed by atoms with Crippen molar-refractivity contribution in [2.24, 2.45) is 5.41 Å². The number of benzene rings is 2.